The van der Waals surface area contributed by atoms with Crippen molar-refractivity contribution in [3.05, 3.63) is 41.9 Å². The molecule has 1 aliphatic rings. The molecule has 1 aliphatic heterocycles. The summed E-state index contributed by atoms with van der Waals surface area (Å²) >= 11 is 0. The molecule has 1 atom stereocenters. The molecule has 2 aromatic rings. The van der Waals surface area contributed by atoms with Gasteiger partial charge in [0.25, 0.3) is 10.0 Å². The number of benzene rings is 1. The predicted molar refractivity (Wildman–Crippen MR) is 85.6 cm³/mol. The van der Waals surface area contributed by atoms with E-state index in [1.54, 1.807) is 30.7 Å². The van der Waals surface area contributed by atoms with E-state index in [0.717, 1.165) is 5.56 Å². The Morgan fingerprint density at radius 2 is 2.09 bits per heavy atom. The first kappa shape index (κ1) is 15.5. The molecule has 1 aromatic heterocycles. The molecule has 1 saturated heterocycles. The minimum absolute atomic E-state index is 0.0204. The highest BCUT2D eigenvalue weighted by Gasteiger charge is 2.27. The Bertz CT molecular complexity index is 838. The van der Waals surface area contributed by atoms with Crippen LogP contribution in [0.3, 0.4) is 0 Å². The Kier molecular flexibility index (Phi) is 3.85. The largest absolute Gasteiger partial charge is 0.355 e. The lowest BCUT2D eigenvalue weighted by Crippen LogP contribution is -2.16. The van der Waals surface area contributed by atoms with Gasteiger partial charge in [-0.1, -0.05) is 18.2 Å². The van der Waals surface area contributed by atoms with Gasteiger partial charge in [-0.25, -0.2) is 4.98 Å². The van der Waals surface area contributed by atoms with Crippen molar-refractivity contribution in [1.82, 2.24) is 14.9 Å². The van der Waals surface area contributed by atoms with Crippen LogP contribution in [0.2, 0.25) is 0 Å². The van der Waals surface area contributed by atoms with Gasteiger partial charge in [0, 0.05) is 32.1 Å². The number of aromatic nitrogens is 2. The van der Waals surface area contributed by atoms with Crippen molar-refractivity contribution in [3.63, 3.8) is 0 Å². The maximum Gasteiger partial charge on any atom is 0.280 e. The van der Waals surface area contributed by atoms with Crippen LogP contribution in [0.5, 0.6) is 0 Å². The number of amides is 1. The van der Waals surface area contributed by atoms with E-state index >= 15 is 0 Å². The lowest BCUT2D eigenvalue weighted by molar-refractivity contribution is -0.119. The average molecular weight is 334 g/mol. The Hall–Kier alpha value is -2.35. The molecule has 3 rings (SSSR count). The summed E-state index contributed by atoms with van der Waals surface area (Å²) in [6, 6.07) is 7.13. The standard InChI is InChI=1S/C15H18N4O3S/c1-10-17-15(9-19(10)2)23(21,22)18-13-6-4-3-5-12(13)11-7-14(20)16-8-11/h3-6,9,11,18H,7-8H2,1-2H3,(H,16,20). The molecule has 1 unspecified atom stereocenters. The molecule has 122 valence electrons. The number of para-hydroxylation sites is 1. The van der Waals surface area contributed by atoms with E-state index in [0.29, 0.717) is 24.5 Å². The highest BCUT2D eigenvalue weighted by molar-refractivity contribution is 7.92. The Morgan fingerprint density at radius 3 is 2.70 bits per heavy atom. The molecule has 8 heteroatoms. The van der Waals surface area contributed by atoms with Crippen LogP contribution in [-0.4, -0.2) is 30.4 Å². The molecule has 1 amide bonds. The number of carbonyl (C=O) groups is 1. The monoisotopic (exact) mass is 334 g/mol. The first-order valence-corrected chi connectivity index (χ1v) is 8.73. The lowest BCUT2D eigenvalue weighted by atomic mass is 9.97. The topological polar surface area (TPSA) is 93.1 Å². The molecule has 0 aliphatic carbocycles. The molecule has 0 spiro atoms. The second-order valence-electron chi connectivity index (χ2n) is 5.64. The van der Waals surface area contributed by atoms with Crippen molar-refractivity contribution in [2.45, 2.75) is 24.3 Å². The second-order valence-corrected chi connectivity index (χ2v) is 7.26. The van der Waals surface area contributed by atoms with Crippen molar-refractivity contribution in [2.24, 2.45) is 7.05 Å². The number of nitrogens with one attached hydrogen (secondary N) is 2. The van der Waals surface area contributed by atoms with Gasteiger partial charge in [0.15, 0.2) is 5.03 Å². The van der Waals surface area contributed by atoms with Crippen LogP contribution in [0.15, 0.2) is 35.5 Å². The normalized spacial score (nSPS) is 18.0. The van der Waals surface area contributed by atoms with Gasteiger partial charge in [0.1, 0.15) is 5.82 Å². The predicted octanol–water partition coefficient (Wildman–Crippen LogP) is 1.13. The number of sulfonamides is 1. The number of hydrogen-bond donors (Lipinski definition) is 2. The van der Waals surface area contributed by atoms with Gasteiger partial charge in [-0.2, -0.15) is 8.42 Å². The molecule has 0 bridgehead atoms. The average Bonchev–Trinajstić information content (AvgIpc) is 3.06. The summed E-state index contributed by atoms with van der Waals surface area (Å²) in [5.41, 5.74) is 1.29. The summed E-state index contributed by atoms with van der Waals surface area (Å²) in [5.74, 6) is 0.559. The van der Waals surface area contributed by atoms with Crippen LogP contribution in [0, 0.1) is 6.92 Å². The van der Waals surface area contributed by atoms with Crippen molar-refractivity contribution < 1.29 is 13.2 Å². The summed E-state index contributed by atoms with van der Waals surface area (Å²) in [5, 5.41) is 2.75. The third-order valence-corrected chi connectivity index (χ3v) is 5.22. The Balaban J connectivity index is 1.92. The fourth-order valence-corrected chi connectivity index (χ4v) is 3.75. The zero-order valence-electron chi connectivity index (χ0n) is 12.9. The maximum absolute atomic E-state index is 12.5. The first-order valence-electron chi connectivity index (χ1n) is 7.25. The van der Waals surface area contributed by atoms with Crippen molar-refractivity contribution >= 4 is 21.6 Å². The fraction of sp³-hybridized carbons (Fsp3) is 0.333. The number of anilines is 1. The van der Waals surface area contributed by atoms with Gasteiger partial charge in [-0.3, -0.25) is 9.52 Å². The van der Waals surface area contributed by atoms with Gasteiger partial charge < -0.3 is 9.88 Å². The lowest BCUT2D eigenvalue weighted by Gasteiger charge is -2.15. The number of rotatable bonds is 4. The highest BCUT2D eigenvalue weighted by atomic mass is 32.2. The third kappa shape index (κ3) is 3.07. The van der Waals surface area contributed by atoms with E-state index < -0.39 is 10.0 Å². The highest BCUT2D eigenvalue weighted by Crippen LogP contribution is 2.30. The Labute approximate surface area is 134 Å². The van der Waals surface area contributed by atoms with Crippen LogP contribution in [0.1, 0.15) is 23.7 Å². The zero-order valence-corrected chi connectivity index (χ0v) is 13.7. The molecular formula is C15H18N4O3S. The summed E-state index contributed by atoms with van der Waals surface area (Å²) in [7, 11) is -2.03. The van der Waals surface area contributed by atoms with Crippen LogP contribution in [0.4, 0.5) is 5.69 Å². The van der Waals surface area contributed by atoms with Crippen LogP contribution in [-0.2, 0) is 21.9 Å². The van der Waals surface area contributed by atoms with Gasteiger partial charge in [0.2, 0.25) is 5.91 Å². The molecule has 1 fully saturated rings. The van der Waals surface area contributed by atoms with Gasteiger partial charge in [-0.15, -0.1) is 0 Å². The maximum atomic E-state index is 12.5. The molecule has 23 heavy (non-hydrogen) atoms. The number of imidazole rings is 1. The van der Waals surface area contributed by atoms with Gasteiger partial charge in [0.05, 0.1) is 5.69 Å². The van der Waals surface area contributed by atoms with E-state index in [9.17, 15) is 13.2 Å². The summed E-state index contributed by atoms with van der Waals surface area (Å²) in [6.45, 7) is 2.25. The minimum atomic E-state index is -3.77. The SMILES string of the molecule is Cc1nc(S(=O)(=O)Nc2ccccc2C2CNC(=O)C2)cn1C. The van der Waals surface area contributed by atoms with Crippen LogP contribution >= 0.6 is 0 Å². The number of carbonyl (C=O) groups excluding carboxylic acids is 1. The number of aryl methyl sites for hydroxylation is 2. The van der Waals surface area contributed by atoms with Crippen LogP contribution in [0.25, 0.3) is 0 Å². The van der Waals surface area contributed by atoms with E-state index in [-0.39, 0.29) is 16.9 Å². The van der Waals surface area contributed by atoms with Gasteiger partial charge in [-0.05, 0) is 18.6 Å². The summed E-state index contributed by atoms with van der Waals surface area (Å²) in [6.07, 6.45) is 1.84. The first-order chi connectivity index (χ1) is 10.9. The van der Waals surface area contributed by atoms with E-state index in [1.807, 2.05) is 12.1 Å². The molecule has 0 radical (unpaired) electrons. The third-order valence-electron chi connectivity index (χ3n) is 3.98. The molecule has 1 aromatic carbocycles. The van der Waals surface area contributed by atoms with E-state index in [2.05, 4.69) is 15.0 Å². The fourth-order valence-electron chi connectivity index (χ4n) is 2.62. The van der Waals surface area contributed by atoms with Crippen LogP contribution < -0.4 is 10.0 Å². The zero-order chi connectivity index (χ0) is 16.6. The molecule has 2 N–H and O–H groups in total. The molecular weight excluding hydrogens is 316 g/mol. The number of nitrogens with zero attached hydrogens (tertiary/aromatic N) is 2. The molecule has 7 nitrogen and oxygen atoms in total. The van der Waals surface area contributed by atoms with Gasteiger partial charge >= 0.3 is 0 Å². The smallest absolute Gasteiger partial charge is 0.280 e. The summed E-state index contributed by atoms with van der Waals surface area (Å²) < 4.78 is 29.3. The van der Waals surface area contributed by atoms with E-state index in [1.165, 1.54) is 6.20 Å². The quantitative estimate of drug-likeness (QED) is 0.876. The summed E-state index contributed by atoms with van der Waals surface area (Å²) in [4.78, 5) is 15.5. The second kappa shape index (κ2) is 5.69. The van der Waals surface area contributed by atoms with Crippen molar-refractivity contribution in [1.29, 1.82) is 0 Å². The molecule has 0 saturated carbocycles. The number of hydrogen-bond acceptors (Lipinski definition) is 4. The van der Waals surface area contributed by atoms with Crippen molar-refractivity contribution in [3.8, 4) is 0 Å². The van der Waals surface area contributed by atoms with E-state index in [4.69, 9.17) is 0 Å². The minimum Gasteiger partial charge on any atom is -0.355 e. The Morgan fingerprint density at radius 1 is 1.35 bits per heavy atom. The van der Waals surface area contributed by atoms with Crippen molar-refractivity contribution in [2.75, 3.05) is 11.3 Å². The molecule has 2 heterocycles.